The van der Waals surface area contributed by atoms with Crippen LogP contribution in [-0.4, -0.2) is 16.3 Å². The second-order valence-corrected chi connectivity index (χ2v) is 5.40. The van der Waals surface area contributed by atoms with Crippen molar-refractivity contribution in [1.29, 1.82) is 0 Å². The largest absolute Gasteiger partial charge is 0.490 e. The summed E-state index contributed by atoms with van der Waals surface area (Å²) in [5, 5.41) is 7.24. The number of rotatable bonds is 3. The molecular weight excluding hydrogens is 256 g/mol. The molecule has 4 heteroatoms. The van der Waals surface area contributed by atoms with Crippen molar-refractivity contribution in [3.63, 3.8) is 0 Å². The number of aromatic nitrogens is 2. The van der Waals surface area contributed by atoms with Crippen LogP contribution in [0.2, 0.25) is 0 Å². The van der Waals surface area contributed by atoms with E-state index in [0.29, 0.717) is 10.7 Å². The summed E-state index contributed by atoms with van der Waals surface area (Å²) < 4.78 is 6.45. The number of nitrogens with zero attached hydrogens (tertiary/aromatic N) is 1. The normalized spacial score (nSPS) is 14.4. The first-order valence-corrected chi connectivity index (χ1v) is 6.89. The molecule has 0 bridgehead atoms. The van der Waals surface area contributed by atoms with Crippen molar-refractivity contribution in [2.24, 2.45) is 0 Å². The maximum absolute atomic E-state index is 5.74. The SMILES string of the molecule is Cc1c(-c2ccc(OC3CC3)cc2)n[nH]c(=S)c1C. The lowest BCUT2D eigenvalue weighted by atomic mass is 10.0. The van der Waals surface area contributed by atoms with Crippen LogP contribution in [0, 0.1) is 18.5 Å². The summed E-state index contributed by atoms with van der Waals surface area (Å²) in [6.07, 6.45) is 2.79. The molecule has 0 atom stereocenters. The van der Waals surface area contributed by atoms with E-state index < -0.39 is 0 Å². The van der Waals surface area contributed by atoms with Crippen molar-refractivity contribution in [2.75, 3.05) is 0 Å². The Bertz CT molecular complexity index is 657. The molecule has 0 amide bonds. The van der Waals surface area contributed by atoms with Crippen LogP contribution in [-0.2, 0) is 0 Å². The molecule has 0 saturated heterocycles. The molecule has 1 saturated carbocycles. The van der Waals surface area contributed by atoms with Crippen LogP contribution in [0.3, 0.4) is 0 Å². The summed E-state index contributed by atoms with van der Waals surface area (Å²) in [6.45, 7) is 4.07. The van der Waals surface area contributed by atoms with Crippen LogP contribution in [0.1, 0.15) is 24.0 Å². The van der Waals surface area contributed by atoms with Crippen molar-refractivity contribution < 1.29 is 4.74 Å². The molecule has 3 rings (SSSR count). The molecule has 1 aromatic carbocycles. The van der Waals surface area contributed by atoms with Crippen molar-refractivity contribution in [1.82, 2.24) is 10.2 Å². The van der Waals surface area contributed by atoms with Gasteiger partial charge in [-0.3, -0.25) is 5.10 Å². The van der Waals surface area contributed by atoms with Gasteiger partial charge in [0.05, 0.1) is 11.8 Å². The second kappa shape index (κ2) is 4.78. The van der Waals surface area contributed by atoms with Gasteiger partial charge in [0.1, 0.15) is 10.4 Å². The van der Waals surface area contributed by atoms with Crippen molar-refractivity contribution in [2.45, 2.75) is 32.8 Å². The average Bonchev–Trinajstić information content (AvgIpc) is 3.22. The number of hydrogen-bond acceptors (Lipinski definition) is 3. The molecule has 19 heavy (non-hydrogen) atoms. The minimum atomic E-state index is 0.431. The number of H-pyrrole nitrogens is 1. The fraction of sp³-hybridized carbons (Fsp3) is 0.333. The first kappa shape index (κ1) is 12.4. The van der Waals surface area contributed by atoms with Crippen molar-refractivity contribution >= 4 is 12.2 Å². The van der Waals surface area contributed by atoms with Crippen LogP contribution in [0.4, 0.5) is 0 Å². The highest BCUT2D eigenvalue weighted by molar-refractivity contribution is 7.71. The summed E-state index contributed by atoms with van der Waals surface area (Å²) in [6, 6.07) is 8.10. The van der Waals surface area contributed by atoms with Gasteiger partial charge in [-0.2, -0.15) is 5.10 Å². The molecular formula is C15H16N2OS. The van der Waals surface area contributed by atoms with E-state index in [-0.39, 0.29) is 0 Å². The Kier molecular flexibility index (Phi) is 3.11. The summed E-state index contributed by atoms with van der Waals surface area (Å²) >= 11 is 5.19. The second-order valence-electron chi connectivity index (χ2n) is 4.99. The molecule has 1 aromatic heterocycles. The number of aromatic amines is 1. The highest BCUT2D eigenvalue weighted by Crippen LogP contribution is 2.29. The Morgan fingerprint density at radius 3 is 2.47 bits per heavy atom. The van der Waals surface area contributed by atoms with E-state index in [9.17, 15) is 0 Å². The first-order chi connectivity index (χ1) is 9.15. The zero-order chi connectivity index (χ0) is 13.4. The molecule has 0 radical (unpaired) electrons. The molecule has 1 fully saturated rings. The van der Waals surface area contributed by atoms with Crippen molar-refractivity contribution in [3.05, 3.63) is 40.0 Å². The minimum Gasteiger partial charge on any atom is -0.490 e. The predicted molar refractivity (Wildman–Crippen MR) is 78.0 cm³/mol. The molecule has 0 unspecified atom stereocenters. The molecule has 2 aromatic rings. The lowest BCUT2D eigenvalue weighted by Gasteiger charge is -2.09. The molecule has 1 aliphatic carbocycles. The molecule has 1 N–H and O–H groups in total. The number of hydrogen-bond donors (Lipinski definition) is 1. The Morgan fingerprint density at radius 2 is 1.84 bits per heavy atom. The van der Waals surface area contributed by atoms with E-state index in [2.05, 4.69) is 17.1 Å². The number of nitrogens with one attached hydrogen (secondary N) is 1. The predicted octanol–water partition coefficient (Wildman–Crippen LogP) is 3.96. The number of benzene rings is 1. The van der Waals surface area contributed by atoms with Crippen LogP contribution in [0.5, 0.6) is 5.75 Å². The van der Waals surface area contributed by atoms with E-state index in [4.69, 9.17) is 17.0 Å². The van der Waals surface area contributed by atoms with Gasteiger partial charge in [-0.25, -0.2) is 0 Å². The van der Waals surface area contributed by atoms with Crippen LogP contribution >= 0.6 is 12.2 Å². The van der Waals surface area contributed by atoms with Gasteiger partial charge in [0.2, 0.25) is 0 Å². The molecule has 1 heterocycles. The van der Waals surface area contributed by atoms with E-state index in [1.54, 1.807) is 0 Å². The zero-order valence-electron chi connectivity index (χ0n) is 11.1. The first-order valence-electron chi connectivity index (χ1n) is 6.48. The zero-order valence-corrected chi connectivity index (χ0v) is 11.9. The van der Waals surface area contributed by atoms with E-state index in [1.165, 1.54) is 12.8 Å². The van der Waals surface area contributed by atoms with Gasteiger partial charge < -0.3 is 4.74 Å². The van der Waals surface area contributed by atoms with E-state index >= 15 is 0 Å². The third-order valence-electron chi connectivity index (χ3n) is 3.48. The monoisotopic (exact) mass is 272 g/mol. The summed E-state index contributed by atoms with van der Waals surface area (Å²) in [7, 11) is 0. The third kappa shape index (κ3) is 2.54. The third-order valence-corrected chi connectivity index (χ3v) is 3.88. The van der Waals surface area contributed by atoms with E-state index in [1.807, 2.05) is 31.2 Å². The molecule has 1 aliphatic rings. The van der Waals surface area contributed by atoms with Crippen LogP contribution in [0.15, 0.2) is 24.3 Å². The Morgan fingerprint density at radius 1 is 1.16 bits per heavy atom. The number of ether oxygens (including phenoxy) is 1. The van der Waals surface area contributed by atoms with Crippen LogP contribution < -0.4 is 4.74 Å². The molecule has 0 aliphatic heterocycles. The highest BCUT2D eigenvalue weighted by Gasteiger charge is 2.23. The molecule has 98 valence electrons. The standard InChI is InChI=1S/C15H16N2OS/c1-9-10(2)15(19)17-16-14(9)11-3-5-12(6-4-11)18-13-7-8-13/h3-6,13H,7-8H2,1-2H3,(H,17,19). The van der Waals surface area contributed by atoms with E-state index in [0.717, 1.165) is 28.1 Å². The Hall–Kier alpha value is -1.68. The average molecular weight is 272 g/mol. The van der Waals surface area contributed by atoms with Gasteiger partial charge in [0.15, 0.2) is 0 Å². The van der Waals surface area contributed by atoms with Gasteiger partial charge in [-0.1, -0.05) is 12.2 Å². The molecule has 3 nitrogen and oxygen atoms in total. The van der Waals surface area contributed by atoms with Gasteiger partial charge >= 0.3 is 0 Å². The Labute approximate surface area is 117 Å². The van der Waals surface area contributed by atoms with Gasteiger partial charge in [0, 0.05) is 5.56 Å². The van der Waals surface area contributed by atoms with Gasteiger partial charge in [-0.05, 0) is 62.1 Å². The fourth-order valence-electron chi connectivity index (χ4n) is 1.97. The molecule has 0 spiro atoms. The summed E-state index contributed by atoms with van der Waals surface area (Å²) in [4.78, 5) is 0. The smallest absolute Gasteiger partial charge is 0.122 e. The topological polar surface area (TPSA) is 37.9 Å². The van der Waals surface area contributed by atoms with Gasteiger partial charge in [0.25, 0.3) is 0 Å². The summed E-state index contributed by atoms with van der Waals surface area (Å²) in [5.74, 6) is 0.935. The minimum absolute atomic E-state index is 0.431. The van der Waals surface area contributed by atoms with Gasteiger partial charge in [-0.15, -0.1) is 0 Å². The fourth-order valence-corrected chi connectivity index (χ4v) is 2.17. The highest BCUT2D eigenvalue weighted by atomic mass is 32.1. The lowest BCUT2D eigenvalue weighted by Crippen LogP contribution is -1.98. The van der Waals surface area contributed by atoms with Crippen LogP contribution in [0.25, 0.3) is 11.3 Å². The maximum Gasteiger partial charge on any atom is 0.122 e. The quantitative estimate of drug-likeness (QED) is 0.859. The summed E-state index contributed by atoms with van der Waals surface area (Å²) in [5.41, 5.74) is 4.23. The lowest BCUT2D eigenvalue weighted by molar-refractivity contribution is 0.303. The Balaban J connectivity index is 1.93. The maximum atomic E-state index is 5.74. The van der Waals surface area contributed by atoms with Crippen molar-refractivity contribution in [3.8, 4) is 17.0 Å².